The van der Waals surface area contributed by atoms with Crippen molar-refractivity contribution in [2.45, 2.75) is 65.3 Å². The molecule has 0 aromatic rings. The molecule has 1 fully saturated rings. The van der Waals surface area contributed by atoms with Crippen LogP contribution in [-0.2, 0) is 0 Å². The first kappa shape index (κ1) is 17.9. The standard InChI is InChI=1S/C17H37N3/c1-4-12-19(13-5-2)15-7-16-20(14-6-3)17-8-10-18-11-9-17/h17-18H,4-16H2,1-3H3. The van der Waals surface area contributed by atoms with E-state index in [2.05, 4.69) is 35.9 Å². The highest BCUT2D eigenvalue weighted by Gasteiger charge is 2.19. The predicted octanol–water partition coefficient (Wildman–Crippen LogP) is 2.96. The van der Waals surface area contributed by atoms with Gasteiger partial charge < -0.3 is 15.1 Å². The fraction of sp³-hybridized carbons (Fsp3) is 1.00. The number of nitrogens with zero attached hydrogens (tertiary/aromatic N) is 2. The summed E-state index contributed by atoms with van der Waals surface area (Å²) >= 11 is 0. The largest absolute Gasteiger partial charge is 0.317 e. The van der Waals surface area contributed by atoms with E-state index >= 15 is 0 Å². The predicted molar refractivity (Wildman–Crippen MR) is 89.4 cm³/mol. The van der Waals surface area contributed by atoms with Gasteiger partial charge in [-0.25, -0.2) is 0 Å². The van der Waals surface area contributed by atoms with E-state index in [-0.39, 0.29) is 0 Å². The van der Waals surface area contributed by atoms with Gasteiger partial charge in [0.05, 0.1) is 0 Å². The fourth-order valence-corrected chi connectivity index (χ4v) is 3.40. The maximum atomic E-state index is 3.48. The Hall–Kier alpha value is -0.120. The van der Waals surface area contributed by atoms with E-state index in [1.54, 1.807) is 0 Å². The molecule has 1 rings (SSSR count). The Balaban J connectivity index is 2.29. The highest BCUT2D eigenvalue weighted by atomic mass is 15.2. The van der Waals surface area contributed by atoms with Gasteiger partial charge in [-0.15, -0.1) is 0 Å². The van der Waals surface area contributed by atoms with E-state index in [0.717, 1.165) is 6.04 Å². The molecule has 0 saturated carbocycles. The van der Waals surface area contributed by atoms with Crippen molar-refractivity contribution >= 4 is 0 Å². The molecule has 20 heavy (non-hydrogen) atoms. The lowest BCUT2D eigenvalue weighted by Crippen LogP contribution is -2.44. The van der Waals surface area contributed by atoms with Crippen LogP contribution in [0.25, 0.3) is 0 Å². The van der Waals surface area contributed by atoms with Crippen LogP contribution in [0.4, 0.5) is 0 Å². The van der Waals surface area contributed by atoms with Crippen molar-refractivity contribution in [3.05, 3.63) is 0 Å². The van der Waals surface area contributed by atoms with Crippen LogP contribution < -0.4 is 5.32 Å². The summed E-state index contributed by atoms with van der Waals surface area (Å²) in [6.07, 6.45) is 7.88. The van der Waals surface area contributed by atoms with Crippen molar-refractivity contribution in [1.82, 2.24) is 15.1 Å². The van der Waals surface area contributed by atoms with Crippen molar-refractivity contribution in [2.24, 2.45) is 0 Å². The zero-order valence-corrected chi connectivity index (χ0v) is 14.2. The number of piperidine rings is 1. The minimum Gasteiger partial charge on any atom is -0.317 e. The number of rotatable bonds is 11. The second-order valence-electron chi connectivity index (χ2n) is 6.21. The van der Waals surface area contributed by atoms with Crippen molar-refractivity contribution in [2.75, 3.05) is 45.8 Å². The molecular formula is C17H37N3. The van der Waals surface area contributed by atoms with Crippen LogP contribution in [0.5, 0.6) is 0 Å². The third kappa shape index (κ3) is 7.05. The van der Waals surface area contributed by atoms with Crippen LogP contribution in [0.2, 0.25) is 0 Å². The van der Waals surface area contributed by atoms with Gasteiger partial charge >= 0.3 is 0 Å². The Morgan fingerprint density at radius 1 is 0.800 bits per heavy atom. The molecule has 0 bridgehead atoms. The zero-order chi connectivity index (χ0) is 14.6. The quantitative estimate of drug-likeness (QED) is 0.629. The molecule has 1 N–H and O–H groups in total. The van der Waals surface area contributed by atoms with Gasteiger partial charge in [0, 0.05) is 6.04 Å². The summed E-state index contributed by atoms with van der Waals surface area (Å²) in [7, 11) is 0. The van der Waals surface area contributed by atoms with E-state index in [1.165, 1.54) is 84.3 Å². The second-order valence-corrected chi connectivity index (χ2v) is 6.21. The highest BCUT2D eigenvalue weighted by molar-refractivity contribution is 4.78. The number of hydrogen-bond acceptors (Lipinski definition) is 3. The maximum Gasteiger partial charge on any atom is 0.0119 e. The SMILES string of the molecule is CCCN(CCC)CCCN(CCC)C1CCNCC1. The molecule has 0 spiro atoms. The molecule has 0 atom stereocenters. The molecule has 3 nitrogen and oxygen atoms in total. The molecule has 0 aromatic heterocycles. The summed E-state index contributed by atoms with van der Waals surface area (Å²) in [5.41, 5.74) is 0. The number of nitrogens with one attached hydrogen (secondary N) is 1. The molecule has 0 amide bonds. The van der Waals surface area contributed by atoms with Gasteiger partial charge in [-0.2, -0.15) is 0 Å². The molecule has 0 unspecified atom stereocenters. The van der Waals surface area contributed by atoms with E-state index in [0.29, 0.717) is 0 Å². The van der Waals surface area contributed by atoms with E-state index < -0.39 is 0 Å². The smallest absolute Gasteiger partial charge is 0.0119 e. The first-order chi connectivity index (χ1) is 9.81. The minimum absolute atomic E-state index is 0.835. The van der Waals surface area contributed by atoms with Crippen LogP contribution in [0.15, 0.2) is 0 Å². The third-order valence-electron chi connectivity index (χ3n) is 4.34. The topological polar surface area (TPSA) is 18.5 Å². The summed E-state index contributed by atoms with van der Waals surface area (Å²) in [5, 5.41) is 3.48. The molecule has 0 aromatic carbocycles. The van der Waals surface area contributed by atoms with Crippen LogP contribution in [0.3, 0.4) is 0 Å². The molecule has 1 saturated heterocycles. The van der Waals surface area contributed by atoms with Gasteiger partial charge in [-0.3, -0.25) is 0 Å². The van der Waals surface area contributed by atoms with Gasteiger partial charge in [-0.05, 0) is 84.3 Å². The Morgan fingerprint density at radius 3 is 1.95 bits per heavy atom. The molecule has 0 aliphatic carbocycles. The van der Waals surface area contributed by atoms with Crippen molar-refractivity contribution in [3.8, 4) is 0 Å². The van der Waals surface area contributed by atoms with E-state index in [4.69, 9.17) is 0 Å². The first-order valence-corrected chi connectivity index (χ1v) is 8.98. The van der Waals surface area contributed by atoms with Crippen LogP contribution in [-0.4, -0.2) is 61.7 Å². The summed E-state index contributed by atoms with van der Waals surface area (Å²) < 4.78 is 0. The molecule has 1 heterocycles. The van der Waals surface area contributed by atoms with Gasteiger partial charge in [-0.1, -0.05) is 20.8 Å². The fourth-order valence-electron chi connectivity index (χ4n) is 3.40. The van der Waals surface area contributed by atoms with Gasteiger partial charge in [0.25, 0.3) is 0 Å². The molecule has 0 radical (unpaired) electrons. The first-order valence-electron chi connectivity index (χ1n) is 8.98. The normalized spacial score (nSPS) is 17.2. The van der Waals surface area contributed by atoms with Crippen LogP contribution >= 0.6 is 0 Å². The van der Waals surface area contributed by atoms with Gasteiger partial charge in [0.1, 0.15) is 0 Å². The Morgan fingerprint density at radius 2 is 1.40 bits per heavy atom. The summed E-state index contributed by atoms with van der Waals surface area (Å²) in [6, 6.07) is 0.835. The molecule has 1 aliphatic rings. The van der Waals surface area contributed by atoms with Crippen molar-refractivity contribution in [3.63, 3.8) is 0 Å². The van der Waals surface area contributed by atoms with Crippen LogP contribution in [0.1, 0.15) is 59.3 Å². The third-order valence-corrected chi connectivity index (χ3v) is 4.34. The summed E-state index contributed by atoms with van der Waals surface area (Å²) in [6.45, 7) is 15.7. The Bertz CT molecular complexity index is 208. The highest BCUT2D eigenvalue weighted by Crippen LogP contribution is 2.13. The van der Waals surface area contributed by atoms with Gasteiger partial charge in [0.15, 0.2) is 0 Å². The Kier molecular flexibility index (Phi) is 10.3. The molecule has 120 valence electrons. The summed E-state index contributed by atoms with van der Waals surface area (Å²) in [4.78, 5) is 5.41. The van der Waals surface area contributed by atoms with Crippen molar-refractivity contribution in [1.29, 1.82) is 0 Å². The molecular weight excluding hydrogens is 246 g/mol. The zero-order valence-electron chi connectivity index (χ0n) is 14.2. The summed E-state index contributed by atoms with van der Waals surface area (Å²) in [5.74, 6) is 0. The average Bonchev–Trinajstić information content (AvgIpc) is 2.48. The lowest BCUT2D eigenvalue weighted by atomic mass is 10.0. The van der Waals surface area contributed by atoms with E-state index in [9.17, 15) is 0 Å². The average molecular weight is 284 g/mol. The minimum atomic E-state index is 0.835. The monoisotopic (exact) mass is 283 g/mol. The molecule has 3 heteroatoms. The van der Waals surface area contributed by atoms with Gasteiger partial charge in [0.2, 0.25) is 0 Å². The lowest BCUT2D eigenvalue weighted by molar-refractivity contribution is 0.150. The van der Waals surface area contributed by atoms with Crippen LogP contribution in [0, 0.1) is 0 Å². The van der Waals surface area contributed by atoms with E-state index in [1.807, 2.05) is 0 Å². The Labute approximate surface area is 127 Å². The second kappa shape index (κ2) is 11.5. The number of hydrogen-bond donors (Lipinski definition) is 1. The molecule has 1 aliphatic heterocycles. The lowest BCUT2D eigenvalue weighted by Gasteiger charge is -2.35. The maximum absolute atomic E-state index is 3.48. The van der Waals surface area contributed by atoms with Crippen molar-refractivity contribution < 1.29 is 0 Å².